The van der Waals surface area contributed by atoms with Gasteiger partial charge in [-0.3, -0.25) is 0 Å². The van der Waals surface area contributed by atoms with Gasteiger partial charge in [-0.25, -0.2) is 0 Å². The fourth-order valence-electron chi connectivity index (χ4n) is 2.71. The summed E-state index contributed by atoms with van der Waals surface area (Å²) in [7, 11) is 0. The third-order valence-corrected chi connectivity index (χ3v) is 3.62. The third-order valence-electron chi connectivity index (χ3n) is 3.62. The highest BCUT2D eigenvalue weighted by atomic mass is 14.8. The summed E-state index contributed by atoms with van der Waals surface area (Å²) in [6.45, 7) is 2.41. The van der Waals surface area contributed by atoms with Gasteiger partial charge in [0.1, 0.15) is 0 Å². The van der Waals surface area contributed by atoms with E-state index in [0.29, 0.717) is 6.04 Å². The van der Waals surface area contributed by atoms with Gasteiger partial charge in [0.15, 0.2) is 0 Å². The number of hydrogen-bond acceptors (Lipinski definition) is 1. The second kappa shape index (κ2) is 2.78. The summed E-state index contributed by atoms with van der Waals surface area (Å²) < 4.78 is 0. The minimum atomic E-state index is 0.570. The molecule has 0 heterocycles. The van der Waals surface area contributed by atoms with E-state index >= 15 is 0 Å². The highest BCUT2D eigenvalue weighted by Crippen LogP contribution is 2.45. The maximum absolute atomic E-state index is 5.86. The Hall–Kier alpha value is -0.0400. The van der Waals surface area contributed by atoms with Crippen molar-refractivity contribution in [3.8, 4) is 0 Å². The molecule has 2 saturated carbocycles. The molecule has 2 aliphatic rings. The molecule has 2 fully saturated rings. The monoisotopic (exact) mass is 153 g/mol. The van der Waals surface area contributed by atoms with E-state index < -0.39 is 0 Å². The molecule has 2 aliphatic carbocycles. The summed E-state index contributed by atoms with van der Waals surface area (Å²) in [6.07, 6.45) is 7.14. The van der Waals surface area contributed by atoms with Crippen molar-refractivity contribution in [2.24, 2.45) is 23.5 Å². The maximum Gasteiger partial charge on any atom is 0.00738 e. The number of hydrogen-bond donors (Lipinski definition) is 1. The fraction of sp³-hybridized carbons (Fsp3) is 1.00. The van der Waals surface area contributed by atoms with E-state index in [1.165, 1.54) is 32.1 Å². The highest BCUT2D eigenvalue weighted by molar-refractivity contribution is 4.96. The van der Waals surface area contributed by atoms with Gasteiger partial charge >= 0.3 is 0 Å². The van der Waals surface area contributed by atoms with E-state index in [1.807, 2.05) is 0 Å². The van der Waals surface area contributed by atoms with Gasteiger partial charge in [0.2, 0.25) is 0 Å². The van der Waals surface area contributed by atoms with Crippen LogP contribution in [0.4, 0.5) is 0 Å². The van der Waals surface area contributed by atoms with Gasteiger partial charge < -0.3 is 5.73 Å². The predicted octanol–water partition coefficient (Wildman–Crippen LogP) is 2.16. The van der Waals surface area contributed by atoms with E-state index in [1.54, 1.807) is 0 Å². The molecule has 0 saturated heterocycles. The van der Waals surface area contributed by atoms with Crippen LogP contribution >= 0.6 is 0 Å². The Bertz CT molecular complexity index is 142. The largest absolute Gasteiger partial charge is 0.327 e. The van der Waals surface area contributed by atoms with Crippen LogP contribution in [0.3, 0.4) is 0 Å². The van der Waals surface area contributed by atoms with Crippen LogP contribution in [-0.4, -0.2) is 6.04 Å². The molecular weight excluding hydrogens is 134 g/mol. The molecule has 0 aromatic carbocycles. The second-order valence-corrected chi connectivity index (χ2v) is 4.49. The molecular formula is C10H19N. The van der Waals surface area contributed by atoms with Crippen molar-refractivity contribution in [1.29, 1.82) is 0 Å². The lowest BCUT2D eigenvalue weighted by Gasteiger charge is -2.28. The third kappa shape index (κ3) is 1.44. The first-order chi connectivity index (χ1) is 5.29. The van der Waals surface area contributed by atoms with Crippen LogP contribution in [0.15, 0.2) is 0 Å². The molecule has 4 unspecified atom stereocenters. The number of nitrogens with two attached hydrogens (primary N) is 1. The van der Waals surface area contributed by atoms with Crippen LogP contribution in [0.2, 0.25) is 0 Å². The molecule has 0 spiro atoms. The van der Waals surface area contributed by atoms with Crippen LogP contribution in [0.1, 0.15) is 39.0 Å². The first-order valence-corrected chi connectivity index (χ1v) is 5.04. The number of rotatable bonds is 1. The molecule has 2 rings (SSSR count). The van der Waals surface area contributed by atoms with Crippen molar-refractivity contribution < 1.29 is 0 Å². The zero-order valence-electron chi connectivity index (χ0n) is 7.42. The standard InChI is InChI=1S/C10H19N/c1-7-4-2-3-5-8(7)9-6-10(9)11/h7-10H,2-6,11H2,1H3. The Morgan fingerprint density at radius 3 is 2.27 bits per heavy atom. The van der Waals surface area contributed by atoms with Crippen molar-refractivity contribution >= 4 is 0 Å². The molecule has 11 heavy (non-hydrogen) atoms. The van der Waals surface area contributed by atoms with Gasteiger partial charge in [0, 0.05) is 6.04 Å². The van der Waals surface area contributed by atoms with Crippen LogP contribution in [0, 0.1) is 17.8 Å². The summed E-state index contributed by atoms with van der Waals surface area (Å²) in [5.41, 5.74) is 5.86. The topological polar surface area (TPSA) is 26.0 Å². The average Bonchev–Trinajstić information content (AvgIpc) is 2.68. The Kier molecular flexibility index (Phi) is 1.92. The lowest BCUT2D eigenvalue weighted by molar-refractivity contribution is 0.225. The summed E-state index contributed by atoms with van der Waals surface area (Å²) >= 11 is 0. The van der Waals surface area contributed by atoms with Crippen LogP contribution in [0.5, 0.6) is 0 Å². The maximum atomic E-state index is 5.86. The van der Waals surface area contributed by atoms with Gasteiger partial charge in [-0.1, -0.05) is 26.2 Å². The zero-order chi connectivity index (χ0) is 7.84. The van der Waals surface area contributed by atoms with Crippen molar-refractivity contribution in [2.75, 3.05) is 0 Å². The SMILES string of the molecule is CC1CCCCC1C1CC1N. The summed E-state index contributed by atoms with van der Waals surface area (Å²) in [5, 5.41) is 0. The molecule has 0 bridgehead atoms. The molecule has 1 nitrogen and oxygen atoms in total. The van der Waals surface area contributed by atoms with Crippen molar-refractivity contribution in [2.45, 2.75) is 45.1 Å². The minimum Gasteiger partial charge on any atom is -0.327 e. The average molecular weight is 153 g/mol. The van der Waals surface area contributed by atoms with Gasteiger partial charge in [0.05, 0.1) is 0 Å². The second-order valence-electron chi connectivity index (χ2n) is 4.49. The van der Waals surface area contributed by atoms with Gasteiger partial charge in [-0.2, -0.15) is 0 Å². The fourth-order valence-corrected chi connectivity index (χ4v) is 2.71. The lowest BCUT2D eigenvalue weighted by atomic mass is 9.77. The van der Waals surface area contributed by atoms with Crippen molar-refractivity contribution in [3.05, 3.63) is 0 Å². The Morgan fingerprint density at radius 1 is 1.09 bits per heavy atom. The first kappa shape index (κ1) is 7.60. The summed E-state index contributed by atoms with van der Waals surface area (Å²) in [4.78, 5) is 0. The predicted molar refractivity (Wildman–Crippen MR) is 47.2 cm³/mol. The van der Waals surface area contributed by atoms with E-state index in [4.69, 9.17) is 5.73 Å². The van der Waals surface area contributed by atoms with Crippen LogP contribution < -0.4 is 5.73 Å². The van der Waals surface area contributed by atoms with E-state index in [2.05, 4.69) is 6.92 Å². The Morgan fingerprint density at radius 2 is 1.73 bits per heavy atom. The quantitative estimate of drug-likeness (QED) is 0.614. The van der Waals surface area contributed by atoms with Crippen molar-refractivity contribution in [3.63, 3.8) is 0 Å². The molecule has 0 radical (unpaired) electrons. The minimum absolute atomic E-state index is 0.570. The lowest BCUT2D eigenvalue weighted by Crippen LogP contribution is -2.21. The molecule has 2 N–H and O–H groups in total. The van der Waals surface area contributed by atoms with Gasteiger partial charge in [-0.05, 0) is 30.6 Å². The molecule has 0 aromatic rings. The summed E-state index contributed by atoms with van der Waals surface area (Å²) in [5.74, 6) is 2.85. The zero-order valence-corrected chi connectivity index (χ0v) is 7.42. The van der Waals surface area contributed by atoms with E-state index in [-0.39, 0.29) is 0 Å². The molecule has 0 amide bonds. The smallest absolute Gasteiger partial charge is 0.00738 e. The van der Waals surface area contributed by atoms with E-state index in [0.717, 1.165) is 17.8 Å². The normalized spacial score (nSPS) is 50.7. The van der Waals surface area contributed by atoms with Crippen molar-refractivity contribution in [1.82, 2.24) is 0 Å². The molecule has 4 atom stereocenters. The van der Waals surface area contributed by atoms with E-state index in [9.17, 15) is 0 Å². The van der Waals surface area contributed by atoms with Crippen LogP contribution in [-0.2, 0) is 0 Å². The van der Waals surface area contributed by atoms with Crippen LogP contribution in [0.25, 0.3) is 0 Å². The Labute approximate surface area is 69.4 Å². The first-order valence-electron chi connectivity index (χ1n) is 5.04. The van der Waals surface area contributed by atoms with Gasteiger partial charge in [0.25, 0.3) is 0 Å². The molecule has 0 aliphatic heterocycles. The molecule has 1 heteroatoms. The highest BCUT2D eigenvalue weighted by Gasteiger charge is 2.42. The Balaban J connectivity index is 1.90. The van der Waals surface area contributed by atoms with Gasteiger partial charge in [-0.15, -0.1) is 0 Å². The summed E-state index contributed by atoms with van der Waals surface area (Å²) in [6, 6.07) is 0.570. The molecule has 0 aromatic heterocycles. The molecule has 64 valence electrons.